The third-order valence-electron chi connectivity index (χ3n) is 3.54. The van der Waals surface area contributed by atoms with Crippen molar-refractivity contribution < 1.29 is 4.79 Å². The summed E-state index contributed by atoms with van der Waals surface area (Å²) in [5, 5.41) is 13.1. The number of hydrogen-bond acceptors (Lipinski definition) is 4. The molecule has 5 heteroatoms. The van der Waals surface area contributed by atoms with Crippen LogP contribution < -0.4 is 10.2 Å². The molecule has 0 bridgehead atoms. The number of nitrogens with one attached hydrogen (secondary N) is 1. The van der Waals surface area contributed by atoms with Crippen LogP contribution in [0.3, 0.4) is 0 Å². The second-order valence-electron chi connectivity index (χ2n) is 5.35. The van der Waals surface area contributed by atoms with E-state index in [2.05, 4.69) is 16.4 Å². The highest BCUT2D eigenvalue weighted by atomic mass is 16.2. The zero-order chi connectivity index (χ0) is 14.8. The molecule has 5 nitrogen and oxygen atoms in total. The third-order valence-corrected chi connectivity index (χ3v) is 3.54. The number of aromatic nitrogens is 1. The van der Waals surface area contributed by atoms with Gasteiger partial charge in [0.25, 0.3) is 0 Å². The maximum absolute atomic E-state index is 11.8. The standard InChI is InChI=1S/C16H16N4O/c1-20(10-16(21)18-12-6-7-12)15-8-11(9-17)13-4-2-3-5-14(13)19-15/h2-5,8,12H,6-7,10H2,1H3,(H,18,21). The van der Waals surface area contributed by atoms with Crippen LogP contribution in [0.1, 0.15) is 18.4 Å². The Kier molecular flexibility index (Phi) is 3.44. The summed E-state index contributed by atoms with van der Waals surface area (Å²) in [6.45, 7) is 0.243. The summed E-state index contributed by atoms with van der Waals surface area (Å²) in [4.78, 5) is 18.1. The molecule has 1 aliphatic carbocycles. The average molecular weight is 280 g/mol. The van der Waals surface area contributed by atoms with Crippen molar-refractivity contribution in [1.29, 1.82) is 5.26 Å². The van der Waals surface area contributed by atoms with Gasteiger partial charge >= 0.3 is 0 Å². The summed E-state index contributed by atoms with van der Waals surface area (Å²) >= 11 is 0. The van der Waals surface area contributed by atoms with Gasteiger partial charge in [0, 0.05) is 18.5 Å². The lowest BCUT2D eigenvalue weighted by Gasteiger charge is -2.18. The number of para-hydroxylation sites is 1. The monoisotopic (exact) mass is 280 g/mol. The van der Waals surface area contributed by atoms with Crippen molar-refractivity contribution in [3.63, 3.8) is 0 Å². The minimum atomic E-state index is -0.00605. The first-order valence-electron chi connectivity index (χ1n) is 6.98. The molecule has 0 aliphatic heterocycles. The molecule has 1 saturated carbocycles. The van der Waals surface area contributed by atoms with Crippen LogP contribution in [0.15, 0.2) is 30.3 Å². The first kappa shape index (κ1) is 13.4. The Morgan fingerprint density at radius 3 is 2.95 bits per heavy atom. The van der Waals surface area contributed by atoms with Crippen LogP contribution in [0.2, 0.25) is 0 Å². The van der Waals surface area contributed by atoms with Crippen molar-refractivity contribution in [2.45, 2.75) is 18.9 Å². The highest BCUT2D eigenvalue weighted by Gasteiger charge is 2.23. The first-order valence-corrected chi connectivity index (χ1v) is 6.98. The van der Waals surface area contributed by atoms with Gasteiger partial charge in [-0.05, 0) is 25.0 Å². The van der Waals surface area contributed by atoms with Gasteiger partial charge in [-0.15, -0.1) is 0 Å². The van der Waals surface area contributed by atoms with Gasteiger partial charge < -0.3 is 10.2 Å². The van der Waals surface area contributed by atoms with Crippen molar-refractivity contribution in [2.24, 2.45) is 0 Å². The van der Waals surface area contributed by atoms with Gasteiger partial charge in [-0.25, -0.2) is 4.98 Å². The lowest BCUT2D eigenvalue weighted by molar-refractivity contribution is -0.119. The number of fused-ring (bicyclic) bond motifs is 1. The van der Waals surface area contributed by atoms with Gasteiger partial charge in [0.1, 0.15) is 5.82 Å². The van der Waals surface area contributed by atoms with Gasteiger partial charge in [0.15, 0.2) is 0 Å². The maximum atomic E-state index is 11.8. The van der Waals surface area contributed by atoms with E-state index in [9.17, 15) is 10.1 Å². The lowest BCUT2D eigenvalue weighted by Crippen LogP contribution is -2.36. The van der Waals surface area contributed by atoms with Crippen LogP contribution in [0.5, 0.6) is 0 Å². The first-order chi connectivity index (χ1) is 10.2. The highest BCUT2D eigenvalue weighted by Crippen LogP contribution is 2.22. The SMILES string of the molecule is CN(CC(=O)NC1CC1)c1cc(C#N)c2ccccc2n1. The zero-order valence-corrected chi connectivity index (χ0v) is 11.8. The number of nitrogens with zero attached hydrogens (tertiary/aromatic N) is 3. The van der Waals surface area contributed by atoms with Crippen LogP contribution in [0.25, 0.3) is 10.9 Å². The van der Waals surface area contributed by atoms with E-state index in [0.717, 1.165) is 23.7 Å². The van der Waals surface area contributed by atoms with Crippen molar-refractivity contribution in [1.82, 2.24) is 10.3 Å². The molecule has 2 aromatic rings. The molecule has 1 aromatic carbocycles. The van der Waals surface area contributed by atoms with Gasteiger partial charge in [-0.2, -0.15) is 5.26 Å². The number of rotatable bonds is 4. The number of carbonyl (C=O) groups is 1. The number of anilines is 1. The minimum absolute atomic E-state index is 0.00605. The Bertz CT molecular complexity index is 731. The van der Waals surface area contributed by atoms with Crippen LogP contribution in [0, 0.1) is 11.3 Å². The smallest absolute Gasteiger partial charge is 0.239 e. The van der Waals surface area contributed by atoms with E-state index < -0.39 is 0 Å². The molecule has 1 fully saturated rings. The van der Waals surface area contributed by atoms with Gasteiger partial charge in [-0.3, -0.25) is 4.79 Å². The second kappa shape index (κ2) is 5.41. The van der Waals surface area contributed by atoms with E-state index in [-0.39, 0.29) is 12.5 Å². The summed E-state index contributed by atoms with van der Waals surface area (Å²) in [5.41, 5.74) is 1.34. The van der Waals surface area contributed by atoms with E-state index in [1.807, 2.05) is 31.3 Å². The molecule has 0 unspecified atom stereocenters. The Morgan fingerprint density at radius 1 is 1.48 bits per heavy atom. The van der Waals surface area contributed by atoms with Crippen LogP contribution in [-0.4, -0.2) is 30.5 Å². The normalized spacial score (nSPS) is 13.7. The predicted molar refractivity (Wildman–Crippen MR) is 80.9 cm³/mol. The molecule has 1 aromatic heterocycles. The number of likely N-dealkylation sites (N-methyl/N-ethyl adjacent to an activating group) is 1. The Balaban J connectivity index is 1.85. The van der Waals surface area contributed by atoms with Gasteiger partial charge in [-0.1, -0.05) is 18.2 Å². The zero-order valence-electron chi connectivity index (χ0n) is 11.8. The molecule has 0 atom stereocenters. The average Bonchev–Trinajstić information content (AvgIpc) is 3.29. The molecule has 1 heterocycles. The van der Waals surface area contributed by atoms with Crippen molar-refractivity contribution in [3.8, 4) is 6.07 Å². The Hall–Kier alpha value is -2.61. The molecule has 1 amide bonds. The number of hydrogen-bond donors (Lipinski definition) is 1. The number of pyridine rings is 1. The molecule has 0 saturated heterocycles. The molecule has 21 heavy (non-hydrogen) atoms. The van der Waals surface area contributed by atoms with E-state index in [1.54, 1.807) is 11.0 Å². The van der Waals surface area contributed by atoms with E-state index in [0.29, 0.717) is 17.4 Å². The third kappa shape index (κ3) is 2.95. The largest absolute Gasteiger partial charge is 0.352 e. The molecule has 106 valence electrons. The highest BCUT2D eigenvalue weighted by molar-refractivity contribution is 5.87. The summed E-state index contributed by atoms with van der Waals surface area (Å²) in [7, 11) is 1.81. The van der Waals surface area contributed by atoms with Gasteiger partial charge in [0.05, 0.1) is 23.7 Å². The summed E-state index contributed by atoms with van der Waals surface area (Å²) in [6.07, 6.45) is 2.14. The van der Waals surface area contributed by atoms with E-state index >= 15 is 0 Å². The number of carbonyl (C=O) groups excluding carboxylic acids is 1. The number of benzene rings is 1. The fraction of sp³-hybridized carbons (Fsp3) is 0.312. The fourth-order valence-corrected chi connectivity index (χ4v) is 2.25. The molecular formula is C16H16N4O. The van der Waals surface area contributed by atoms with Crippen molar-refractivity contribution in [2.75, 3.05) is 18.5 Å². The Morgan fingerprint density at radius 2 is 2.24 bits per heavy atom. The van der Waals surface area contributed by atoms with Crippen LogP contribution in [0.4, 0.5) is 5.82 Å². The summed E-state index contributed by atoms with van der Waals surface area (Å²) < 4.78 is 0. The Labute approximate surface area is 123 Å². The van der Waals surface area contributed by atoms with Gasteiger partial charge in [0.2, 0.25) is 5.91 Å². The molecule has 0 radical (unpaired) electrons. The second-order valence-corrected chi connectivity index (χ2v) is 5.35. The molecule has 1 N–H and O–H groups in total. The summed E-state index contributed by atoms with van der Waals surface area (Å²) in [6, 6.07) is 11.8. The quantitative estimate of drug-likeness (QED) is 0.927. The molecule has 1 aliphatic rings. The maximum Gasteiger partial charge on any atom is 0.239 e. The van der Waals surface area contributed by atoms with Crippen LogP contribution in [-0.2, 0) is 4.79 Å². The predicted octanol–water partition coefficient (Wildman–Crippen LogP) is 1.82. The fourth-order valence-electron chi connectivity index (χ4n) is 2.25. The van der Waals surface area contributed by atoms with E-state index in [4.69, 9.17) is 0 Å². The number of amides is 1. The van der Waals surface area contributed by atoms with E-state index in [1.165, 1.54) is 0 Å². The topological polar surface area (TPSA) is 69.0 Å². The minimum Gasteiger partial charge on any atom is -0.352 e. The van der Waals surface area contributed by atoms with Crippen molar-refractivity contribution in [3.05, 3.63) is 35.9 Å². The lowest BCUT2D eigenvalue weighted by atomic mass is 10.1. The summed E-state index contributed by atoms with van der Waals surface area (Å²) in [5.74, 6) is 0.629. The molecule has 3 rings (SSSR count). The van der Waals surface area contributed by atoms with Crippen molar-refractivity contribution >= 4 is 22.6 Å². The number of nitriles is 1. The molecular weight excluding hydrogens is 264 g/mol. The van der Waals surface area contributed by atoms with Crippen LogP contribution >= 0.6 is 0 Å². The molecule has 0 spiro atoms.